The molecule has 0 unspecified atom stereocenters. The van der Waals surface area contributed by atoms with Crippen LogP contribution in [0.5, 0.6) is 5.75 Å². The van der Waals surface area contributed by atoms with Crippen molar-refractivity contribution >= 4 is 21.6 Å². The Kier molecular flexibility index (Phi) is 4.68. The van der Waals surface area contributed by atoms with Crippen LogP contribution in [0.25, 0.3) is 0 Å². The van der Waals surface area contributed by atoms with Gasteiger partial charge in [-0.25, -0.2) is 0 Å². The van der Waals surface area contributed by atoms with Gasteiger partial charge in [-0.2, -0.15) is 0 Å². The zero-order chi connectivity index (χ0) is 12.1. The Morgan fingerprint density at radius 1 is 1.41 bits per heavy atom. The van der Waals surface area contributed by atoms with E-state index >= 15 is 0 Å². The molecule has 1 aliphatic rings. The molecule has 0 amide bonds. The van der Waals surface area contributed by atoms with Gasteiger partial charge in [0.1, 0.15) is 5.75 Å². The molecule has 3 nitrogen and oxygen atoms in total. The molecule has 1 fully saturated rings. The standard InChI is InChI=1S/C13H19BrN2O/c1-17-13-3-2-11(14)8-12(13)16-9-10-4-6-15-7-5-10/h2-3,8,10,15-16H,4-7,9H2,1H3. The van der Waals surface area contributed by atoms with E-state index in [9.17, 15) is 0 Å². The third-order valence-electron chi connectivity index (χ3n) is 3.20. The third kappa shape index (κ3) is 3.61. The van der Waals surface area contributed by atoms with Crippen molar-refractivity contribution in [2.45, 2.75) is 12.8 Å². The van der Waals surface area contributed by atoms with Crippen molar-refractivity contribution in [3.05, 3.63) is 22.7 Å². The fourth-order valence-corrected chi connectivity index (χ4v) is 2.52. The van der Waals surface area contributed by atoms with Crippen LogP contribution in [0.4, 0.5) is 5.69 Å². The first-order valence-electron chi connectivity index (χ1n) is 6.07. The normalized spacial score (nSPS) is 16.8. The van der Waals surface area contributed by atoms with Crippen molar-refractivity contribution in [3.8, 4) is 5.75 Å². The lowest BCUT2D eigenvalue weighted by atomic mass is 9.98. The quantitative estimate of drug-likeness (QED) is 0.897. The van der Waals surface area contributed by atoms with Crippen molar-refractivity contribution in [3.63, 3.8) is 0 Å². The number of halogens is 1. The number of ether oxygens (including phenoxy) is 1. The lowest BCUT2D eigenvalue weighted by Gasteiger charge is -2.23. The second-order valence-corrected chi connectivity index (χ2v) is 5.33. The molecular weight excluding hydrogens is 280 g/mol. The fraction of sp³-hybridized carbons (Fsp3) is 0.538. The zero-order valence-corrected chi connectivity index (χ0v) is 11.7. The van der Waals surface area contributed by atoms with Crippen LogP contribution in [0.1, 0.15) is 12.8 Å². The highest BCUT2D eigenvalue weighted by Crippen LogP contribution is 2.28. The van der Waals surface area contributed by atoms with Crippen LogP contribution in [-0.4, -0.2) is 26.7 Å². The number of piperidine rings is 1. The maximum Gasteiger partial charge on any atom is 0.142 e. The van der Waals surface area contributed by atoms with Crippen LogP contribution < -0.4 is 15.4 Å². The summed E-state index contributed by atoms with van der Waals surface area (Å²) in [6.07, 6.45) is 2.51. The van der Waals surface area contributed by atoms with E-state index in [4.69, 9.17) is 4.74 Å². The molecule has 2 rings (SSSR count). The molecule has 1 aromatic carbocycles. The number of hydrogen-bond acceptors (Lipinski definition) is 3. The van der Waals surface area contributed by atoms with Gasteiger partial charge in [-0.15, -0.1) is 0 Å². The molecule has 94 valence electrons. The second kappa shape index (κ2) is 6.26. The zero-order valence-electron chi connectivity index (χ0n) is 10.1. The SMILES string of the molecule is COc1ccc(Br)cc1NCC1CCNCC1. The lowest BCUT2D eigenvalue weighted by molar-refractivity contribution is 0.387. The van der Waals surface area contributed by atoms with E-state index in [-0.39, 0.29) is 0 Å². The molecule has 0 aromatic heterocycles. The molecule has 0 atom stereocenters. The average molecular weight is 299 g/mol. The van der Waals surface area contributed by atoms with Crippen molar-refractivity contribution in [2.75, 3.05) is 32.1 Å². The van der Waals surface area contributed by atoms with Gasteiger partial charge in [0.25, 0.3) is 0 Å². The molecule has 0 aliphatic carbocycles. The van der Waals surface area contributed by atoms with Crippen LogP contribution in [0.15, 0.2) is 22.7 Å². The van der Waals surface area contributed by atoms with Crippen molar-refractivity contribution in [2.24, 2.45) is 5.92 Å². The Bertz CT molecular complexity index is 364. The molecule has 4 heteroatoms. The predicted octanol–water partition coefficient (Wildman–Crippen LogP) is 2.87. The number of hydrogen-bond donors (Lipinski definition) is 2. The molecular formula is C13H19BrN2O. The van der Waals surface area contributed by atoms with Gasteiger partial charge < -0.3 is 15.4 Å². The maximum absolute atomic E-state index is 5.34. The van der Waals surface area contributed by atoms with Gasteiger partial charge in [-0.1, -0.05) is 15.9 Å². The molecule has 0 saturated carbocycles. The first kappa shape index (κ1) is 12.7. The molecule has 1 saturated heterocycles. The van der Waals surface area contributed by atoms with Crippen LogP contribution in [-0.2, 0) is 0 Å². The van der Waals surface area contributed by atoms with E-state index in [1.165, 1.54) is 12.8 Å². The maximum atomic E-state index is 5.34. The summed E-state index contributed by atoms with van der Waals surface area (Å²) >= 11 is 3.49. The summed E-state index contributed by atoms with van der Waals surface area (Å²) < 4.78 is 6.42. The fourth-order valence-electron chi connectivity index (χ4n) is 2.16. The van der Waals surface area contributed by atoms with E-state index < -0.39 is 0 Å². The Morgan fingerprint density at radius 2 is 2.18 bits per heavy atom. The largest absolute Gasteiger partial charge is 0.495 e. The summed E-state index contributed by atoms with van der Waals surface area (Å²) in [6, 6.07) is 6.04. The second-order valence-electron chi connectivity index (χ2n) is 4.42. The first-order valence-corrected chi connectivity index (χ1v) is 6.87. The van der Waals surface area contributed by atoms with E-state index in [1.807, 2.05) is 12.1 Å². The van der Waals surface area contributed by atoms with Gasteiger partial charge in [-0.3, -0.25) is 0 Å². The van der Waals surface area contributed by atoms with Crippen LogP contribution in [0, 0.1) is 5.92 Å². The summed E-state index contributed by atoms with van der Waals surface area (Å²) in [6.45, 7) is 3.30. The number of anilines is 1. The monoisotopic (exact) mass is 298 g/mol. The van der Waals surface area contributed by atoms with Crippen molar-refractivity contribution in [1.82, 2.24) is 5.32 Å². The predicted molar refractivity (Wildman–Crippen MR) is 74.8 cm³/mol. The van der Waals surface area contributed by atoms with Crippen LogP contribution >= 0.6 is 15.9 Å². The Labute approximate surface area is 111 Å². The third-order valence-corrected chi connectivity index (χ3v) is 3.69. The molecule has 1 aromatic rings. The van der Waals surface area contributed by atoms with Gasteiger partial charge in [0, 0.05) is 11.0 Å². The Hall–Kier alpha value is -0.740. The molecule has 1 aliphatic heterocycles. The van der Waals surface area contributed by atoms with Gasteiger partial charge in [0.05, 0.1) is 12.8 Å². The summed E-state index contributed by atoms with van der Waals surface area (Å²) in [5, 5.41) is 6.88. The minimum atomic E-state index is 0.764. The smallest absolute Gasteiger partial charge is 0.142 e. The van der Waals surface area contributed by atoms with E-state index in [0.29, 0.717) is 0 Å². The minimum Gasteiger partial charge on any atom is -0.495 e. The van der Waals surface area contributed by atoms with Crippen molar-refractivity contribution in [1.29, 1.82) is 0 Å². The van der Waals surface area contributed by atoms with Crippen LogP contribution in [0.3, 0.4) is 0 Å². The molecule has 17 heavy (non-hydrogen) atoms. The number of methoxy groups -OCH3 is 1. The van der Waals surface area contributed by atoms with Gasteiger partial charge in [-0.05, 0) is 50.0 Å². The molecule has 1 heterocycles. The summed E-state index contributed by atoms with van der Waals surface area (Å²) in [4.78, 5) is 0. The average Bonchev–Trinajstić information content (AvgIpc) is 2.38. The first-order chi connectivity index (χ1) is 8.29. The topological polar surface area (TPSA) is 33.3 Å². The van der Waals surface area contributed by atoms with Gasteiger partial charge >= 0.3 is 0 Å². The molecule has 0 bridgehead atoms. The highest BCUT2D eigenvalue weighted by molar-refractivity contribution is 9.10. The summed E-state index contributed by atoms with van der Waals surface area (Å²) in [7, 11) is 1.71. The minimum absolute atomic E-state index is 0.764. The van der Waals surface area contributed by atoms with Crippen molar-refractivity contribution < 1.29 is 4.74 Å². The van der Waals surface area contributed by atoms with E-state index in [1.54, 1.807) is 7.11 Å². The van der Waals surface area contributed by atoms with Crippen LogP contribution in [0.2, 0.25) is 0 Å². The Balaban J connectivity index is 1.95. The summed E-state index contributed by atoms with van der Waals surface area (Å²) in [5.41, 5.74) is 1.07. The summed E-state index contributed by atoms with van der Waals surface area (Å²) in [5.74, 6) is 1.67. The molecule has 0 radical (unpaired) electrons. The number of nitrogens with one attached hydrogen (secondary N) is 2. The van der Waals surface area contributed by atoms with E-state index in [0.717, 1.165) is 41.5 Å². The van der Waals surface area contributed by atoms with Gasteiger partial charge in [0.15, 0.2) is 0 Å². The van der Waals surface area contributed by atoms with E-state index in [2.05, 4.69) is 32.6 Å². The highest BCUT2D eigenvalue weighted by Gasteiger charge is 2.13. The lowest BCUT2D eigenvalue weighted by Crippen LogP contribution is -2.31. The number of benzene rings is 1. The molecule has 2 N–H and O–H groups in total. The Morgan fingerprint density at radius 3 is 2.88 bits per heavy atom. The number of rotatable bonds is 4. The highest BCUT2D eigenvalue weighted by atomic mass is 79.9. The van der Waals surface area contributed by atoms with Gasteiger partial charge in [0.2, 0.25) is 0 Å². The molecule has 0 spiro atoms.